The van der Waals surface area contributed by atoms with E-state index in [0.717, 1.165) is 0 Å². The summed E-state index contributed by atoms with van der Waals surface area (Å²) in [6.07, 6.45) is 3.83. The molecule has 2 N–H and O–H groups in total. The van der Waals surface area contributed by atoms with Gasteiger partial charge in [0.05, 0.1) is 12.5 Å². The highest BCUT2D eigenvalue weighted by molar-refractivity contribution is 7.51. The van der Waals surface area contributed by atoms with E-state index in [2.05, 4.69) is 19.7 Å². The van der Waals surface area contributed by atoms with Crippen LogP contribution < -0.4 is 0 Å². The van der Waals surface area contributed by atoms with Gasteiger partial charge in [-0.25, -0.2) is 15.0 Å². The molecule has 0 saturated heterocycles. The summed E-state index contributed by atoms with van der Waals surface area (Å²) in [4.78, 5) is 29.0. The van der Waals surface area contributed by atoms with Gasteiger partial charge in [0, 0.05) is 0 Å². The molecule has 0 radical (unpaired) electrons. The Hall–Kier alpha value is -1.38. The summed E-state index contributed by atoms with van der Waals surface area (Å²) in [6, 6.07) is 0. The molecular weight excluding hydrogens is 263 g/mol. The molecule has 98 valence electrons. The van der Waals surface area contributed by atoms with Gasteiger partial charge in [0.1, 0.15) is 25.4 Å². The van der Waals surface area contributed by atoms with E-state index in [4.69, 9.17) is 14.5 Å². The van der Waals surface area contributed by atoms with Crippen LogP contribution in [0.5, 0.6) is 0 Å². The van der Waals surface area contributed by atoms with Gasteiger partial charge in [0.2, 0.25) is 0 Å². The van der Waals surface area contributed by atoms with Gasteiger partial charge in [-0.1, -0.05) is 0 Å². The predicted molar refractivity (Wildman–Crippen MR) is 59.3 cm³/mol. The first-order valence-corrected chi connectivity index (χ1v) is 6.67. The highest BCUT2D eigenvalue weighted by Gasteiger charge is 2.12. The number of aromatic nitrogens is 4. The number of hydrogen-bond donors (Lipinski definition) is 2. The molecule has 0 aliphatic rings. The van der Waals surface area contributed by atoms with Crippen molar-refractivity contribution in [3.05, 3.63) is 18.9 Å². The van der Waals surface area contributed by atoms with Crippen molar-refractivity contribution >= 4 is 18.8 Å². The highest BCUT2D eigenvalue weighted by atomic mass is 31.2. The van der Waals surface area contributed by atoms with Crippen LogP contribution in [0.15, 0.2) is 18.9 Å². The molecule has 2 rings (SSSR count). The zero-order valence-electron chi connectivity index (χ0n) is 9.21. The van der Waals surface area contributed by atoms with E-state index >= 15 is 0 Å². The van der Waals surface area contributed by atoms with E-state index in [9.17, 15) is 4.57 Å². The Labute approximate surface area is 102 Å². The minimum Gasteiger partial charge on any atom is -0.343 e. The predicted octanol–water partition coefficient (Wildman–Crippen LogP) is -0.0903. The quantitative estimate of drug-likeness (QED) is 0.426. The SMILES string of the molecule is O=P(O)(O)COCOCn1cnc2cncnc21. The fraction of sp³-hybridized carbons (Fsp3) is 0.375. The van der Waals surface area contributed by atoms with Crippen LogP contribution in [0.2, 0.25) is 0 Å². The average molecular weight is 274 g/mol. The Morgan fingerprint density at radius 3 is 2.94 bits per heavy atom. The Morgan fingerprint density at radius 1 is 1.33 bits per heavy atom. The number of fused-ring (bicyclic) bond motifs is 1. The maximum Gasteiger partial charge on any atom is 0.351 e. The van der Waals surface area contributed by atoms with Gasteiger partial charge in [-0.2, -0.15) is 0 Å². The summed E-state index contributed by atoms with van der Waals surface area (Å²) in [5.41, 5.74) is 1.25. The second-order valence-corrected chi connectivity index (χ2v) is 4.98. The first-order valence-electron chi connectivity index (χ1n) is 4.87. The van der Waals surface area contributed by atoms with E-state index in [-0.39, 0.29) is 13.5 Å². The van der Waals surface area contributed by atoms with Crippen LogP contribution in [0.3, 0.4) is 0 Å². The smallest absolute Gasteiger partial charge is 0.343 e. The van der Waals surface area contributed by atoms with Crippen LogP contribution in [0.1, 0.15) is 0 Å². The molecular formula is C8H11N4O5P. The van der Waals surface area contributed by atoms with Gasteiger partial charge in [-0.15, -0.1) is 0 Å². The fourth-order valence-corrected chi connectivity index (χ4v) is 1.57. The maximum absolute atomic E-state index is 10.5. The molecule has 0 amide bonds. The largest absolute Gasteiger partial charge is 0.351 e. The molecule has 0 bridgehead atoms. The Balaban J connectivity index is 1.82. The molecule has 2 aromatic heterocycles. The van der Waals surface area contributed by atoms with Crippen molar-refractivity contribution < 1.29 is 23.8 Å². The first-order chi connectivity index (χ1) is 8.56. The third-order valence-electron chi connectivity index (χ3n) is 1.94. The van der Waals surface area contributed by atoms with Gasteiger partial charge < -0.3 is 19.3 Å². The van der Waals surface area contributed by atoms with Crippen molar-refractivity contribution in [2.24, 2.45) is 0 Å². The first kappa shape index (κ1) is 13.1. The van der Waals surface area contributed by atoms with Crippen molar-refractivity contribution in [2.45, 2.75) is 6.73 Å². The van der Waals surface area contributed by atoms with Crippen LogP contribution in [0.4, 0.5) is 0 Å². The number of imidazole rings is 1. The van der Waals surface area contributed by atoms with E-state index in [1.165, 1.54) is 12.7 Å². The van der Waals surface area contributed by atoms with E-state index in [0.29, 0.717) is 11.2 Å². The summed E-state index contributed by atoms with van der Waals surface area (Å²) < 4.78 is 21.8. The standard InChI is InChI=1S/C8H11N4O5P/c13-18(14,15)6-17-5-16-4-12-3-11-7-1-9-2-10-8(7)12/h1-3H,4-6H2,(H2,13,14,15). The minimum absolute atomic E-state index is 0.120. The second-order valence-electron chi connectivity index (χ2n) is 3.39. The summed E-state index contributed by atoms with van der Waals surface area (Å²) >= 11 is 0. The Kier molecular flexibility index (Phi) is 4.00. The lowest BCUT2D eigenvalue weighted by atomic mass is 10.6. The van der Waals surface area contributed by atoms with Gasteiger partial charge in [0.15, 0.2) is 12.0 Å². The third kappa shape index (κ3) is 3.56. The third-order valence-corrected chi connectivity index (χ3v) is 2.46. The van der Waals surface area contributed by atoms with Gasteiger partial charge in [0.25, 0.3) is 0 Å². The zero-order valence-corrected chi connectivity index (χ0v) is 10.1. The van der Waals surface area contributed by atoms with Gasteiger partial charge in [-0.3, -0.25) is 9.13 Å². The summed E-state index contributed by atoms with van der Waals surface area (Å²) in [7, 11) is -4.15. The van der Waals surface area contributed by atoms with Crippen molar-refractivity contribution in [2.75, 3.05) is 13.1 Å². The monoisotopic (exact) mass is 274 g/mol. The summed E-state index contributed by atoms with van der Waals surface area (Å²) in [5, 5.41) is 0. The van der Waals surface area contributed by atoms with Gasteiger partial charge in [-0.05, 0) is 0 Å². The molecule has 18 heavy (non-hydrogen) atoms. The minimum atomic E-state index is -4.15. The van der Waals surface area contributed by atoms with Crippen molar-refractivity contribution in [3.8, 4) is 0 Å². The molecule has 0 aliphatic heterocycles. The Bertz CT molecular complexity index is 567. The molecule has 0 aliphatic carbocycles. The normalized spacial score (nSPS) is 12.1. The second kappa shape index (κ2) is 5.51. The van der Waals surface area contributed by atoms with Crippen LogP contribution >= 0.6 is 7.60 Å². The Morgan fingerprint density at radius 2 is 2.17 bits per heavy atom. The molecule has 2 heterocycles. The molecule has 0 saturated carbocycles. The lowest BCUT2D eigenvalue weighted by Crippen LogP contribution is -2.06. The molecule has 10 heteroatoms. The highest BCUT2D eigenvalue weighted by Crippen LogP contribution is 2.33. The molecule has 0 spiro atoms. The fourth-order valence-electron chi connectivity index (χ4n) is 1.26. The number of rotatable bonds is 6. The molecule has 9 nitrogen and oxygen atoms in total. The molecule has 2 aromatic rings. The van der Waals surface area contributed by atoms with Crippen molar-refractivity contribution in [1.82, 2.24) is 19.5 Å². The molecule has 0 fully saturated rings. The summed E-state index contributed by atoms with van der Waals surface area (Å²) in [5.74, 6) is 0. The van der Waals surface area contributed by atoms with E-state index in [1.54, 1.807) is 10.8 Å². The zero-order chi connectivity index (χ0) is 13.0. The van der Waals surface area contributed by atoms with Crippen LogP contribution in [0.25, 0.3) is 11.2 Å². The van der Waals surface area contributed by atoms with Crippen LogP contribution in [-0.2, 0) is 20.8 Å². The van der Waals surface area contributed by atoms with E-state index < -0.39 is 13.9 Å². The average Bonchev–Trinajstić information content (AvgIpc) is 2.71. The molecule has 0 atom stereocenters. The van der Waals surface area contributed by atoms with Gasteiger partial charge >= 0.3 is 7.60 Å². The van der Waals surface area contributed by atoms with Crippen molar-refractivity contribution in [1.29, 1.82) is 0 Å². The number of nitrogens with zero attached hydrogens (tertiary/aromatic N) is 4. The number of hydrogen-bond acceptors (Lipinski definition) is 6. The van der Waals surface area contributed by atoms with Crippen LogP contribution in [-0.4, -0.2) is 42.4 Å². The number of ether oxygens (including phenoxy) is 2. The van der Waals surface area contributed by atoms with E-state index in [1.807, 2.05) is 0 Å². The topological polar surface area (TPSA) is 120 Å². The molecule has 0 unspecified atom stereocenters. The summed E-state index contributed by atoms with van der Waals surface area (Å²) in [6.45, 7) is -0.107. The maximum atomic E-state index is 10.5. The lowest BCUT2D eigenvalue weighted by Gasteiger charge is -2.07. The van der Waals surface area contributed by atoms with Crippen LogP contribution in [0, 0.1) is 0 Å². The molecule has 0 aromatic carbocycles. The van der Waals surface area contributed by atoms with Crippen molar-refractivity contribution in [3.63, 3.8) is 0 Å². The lowest BCUT2D eigenvalue weighted by molar-refractivity contribution is -0.0676.